The Kier molecular flexibility index (Phi) is 3.99. The van der Waals surface area contributed by atoms with Gasteiger partial charge in [0.05, 0.1) is 0 Å². The summed E-state index contributed by atoms with van der Waals surface area (Å²) in [5.41, 5.74) is 0.525. The van der Waals surface area contributed by atoms with Crippen LogP contribution in [0.1, 0.15) is 42.0 Å². The van der Waals surface area contributed by atoms with Gasteiger partial charge in [0.2, 0.25) is 0 Å². The van der Waals surface area contributed by atoms with Crippen molar-refractivity contribution in [2.45, 2.75) is 32.2 Å². The molecule has 1 aliphatic rings. The van der Waals surface area contributed by atoms with Crippen LogP contribution in [0.2, 0.25) is 0 Å². The smallest absolute Gasteiger partial charge is 0.272 e. The Morgan fingerprint density at radius 1 is 1.33 bits per heavy atom. The summed E-state index contributed by atoms with van der Waals surface area (Å²) in [4.78, 5) is 23.1. The van der Waals surface area contributed by atoms with E-state index in [9.17, 15) is 4.79 Å². The maximum Gasteiger partial charge on any atom is 0.272 e. The van der Waals surface area contributed by atoms with Gasteiger partial charge in [-0.05, 0) is 31.9 Å². The summed E-state index contributed by atoms with van der Waals surface area (Å²) in [6.45, 7) is 4.57. The third-order valence-electron chi connectivity index (χ3n) is 4.05. The van der Waals surface area contributed by atoms with Crippen molar-refractivity contribution >= 4 is 5.91 Å². The summed E-state index contributed by atoms with van der Waals surface area (Å²) >= 11 is 0. The molecule has 5 heteroatoms. The molecular weight excluding hydrogens is 264 g/mol. The highest BCUT2D eigenvalue weighted by Gasteiger charge is 2.28. The standard InChI is InChI=1S/C16H20N4O/c1-2-19-11-9-18-15(19)13-6-5-10-20(12-13)16(21)14-7-3-4-8-17-14/h3-4,7-9,11,13H,2,5-6,10,12H2,1H3. The fourth-order valence-electron chi connectivity index (χ4n) is 2.97. The molecule has 2 aromatic rings. The van der Waals surface area contributed by atoms with Gasteiger partial charge in [-0.15, -0.1) is 0 Å². The molecule has 0 N–H and O–H groups in total. The third kappa shape index (κ3) is 2.82. The molecule has 1 amide bonds. The van der Waals surface area contributed by atoms with Gasteiger partial charge in [-0.25, -0.2) is 4.98 Å². The maximum atomic E-state index is 12.5. The first-order chi connectivity index (χ1) is 10.3. The van der Waals surface area contributed by atoms with Crippen LogP contribution in [0.5, 0.6) is 0 Å². The Bertz CT molecular complexity index is 608. The lowest BCUT2D eigenvalue weighted by Crippen LogP contribution is -2.40. The number of carbonyl (C=O) groups is 1. The minimum absolute atomic E-state index is 0.0231. The van der Waals surface area contributed by atoms with Gasteiger partial charge >= 0.3 is 0 Å². The van der Waals surface area contributed by atoms with E-state index < -0.39 is 0 Å². The Balaban J connectivity index is 1.76. The zero-order valence-corrected chi connectivity index (χ0v) is 12.3. The molecule has 0 aliphatic carbocycles. The van der Waals surface area contributed by atoms with E-state index in [-0.39, 0.29) is 5.91 Å². The molecule has 1 atom stereocenters. The first-order valence-corrected chi connectivity index (χ1v) is 7.51. The summed E-state index contributed by atoms with van der Waals surface area (Å²) in [7, 11) is 0. The first kappa shape index (κ1) is 13.8. The Hall–Kier alpha value is -2.17. The van der Waals surface area contributed by atoms with Crippen LogP contribution in [0.25, 0.3) is 0 Å². The second kappa shape index (κ2) is 6.08. The predicted octanol–water partition coefficient (Wildman–Crippen LogP) is 2.32. The van der Waals surface area contributed by atoms with E-state index in [1.54, 1.807) is 12.3 Å². The molecule has 3 rings (SSSR count). The van der Waals surface area contributed by atoms with Crippen molar-refractivity contribution in [2.24, 2.45) is 0 Å². The highest BCUT2D eigenvalue weighted by molar-refractivity contribution is 5.92. The second-order valence-corrected chi connectivity index (χ2v) is 5.38. The highest BCUT2D eigenvalue weighted by atomic mass is 16.2. The van der Waals surface area contributed by atoms with E-state index in [4.69, 9.17) is 0 Å². The number of likely N-dealkylation sites (tertiary alicyclic amines) is 1. The Morgan fingerprint density at radius 3 is 3.00 bits per heavy atom. The number of amides is 1. The fraction of sp³-hybridized carbons (Fsp3) is 0.438. The molecule has 1 aliphatic heterocycles. The quantitative estimate of drug-likeness (QED) is 0.869. The molecule has 5 nitrogen and oxygen atoms in total. The van der Waals surface area contributed by atoms with E-state index >= 15 is 0 Å². The van der Waals surface area contributed by atoms with Crippen molar-refractivity contribution in [2.75, 3.05) is 13.1 Å². The zero-order chi connectivity index (χ0) is 14.7. The van der Waals surface area contributed by atoms with Gasteiger partial charge in [0.1, 0.15) is 11.5 Å². The maximum absolute atomic E-state index is 12.5. The number of imidazole rings is 1. The monoisotopic (exact) mass is 284 g/mol. The molecule has 3 heterocycles. The van der Waals surface area contributed by atoms with Crippen LogP contribution in [0.4, 0.5) is 0 Å². The highest BCUT2D eigenvalue weighted by Crippen LogP contribution is 2.26. The molecular formula is C16H20N4O. The summed E-state index contributed by atoms with van der Waals surface area (Å²) in [5, 5.41) is 0. The van der Waals surface area contributed by atoms with Crippen molar-refractivity contribution in [1.82, 2.24) is 19.4 Å². The van der Waals surface area contributed by atoms with E-state index in [0.717, 1.165) is 38.3 Å². The molecule has 0 radical (unpaired) electrons. The molecule has 1 fully saturated rings. The van der Waals surface area contributed by atoms with Gasteiger partial charge in [0, 0.05) is 44.1 Å². The lowest BCUT2D eigenvalue weighted by Gasteiger charge is -2.32. The van der Waals surface area contributed by atoms with Gasteiger partial charge in [-0.1, -0.05) is 6.07 Å². The summed E-state index contributed by atoms with van der Waals surface area (Å²) < 4.78 is 2.17. The number of aromatic nitrogens is 3. The van der Waals surface area contributed by atoms with E-state index in [2.05, 4.69) is 21.5 Å². The molecule has 0 aromatic carbocycles. The van der Waals surface area contributed by atoms with Crippen molar-refractivity contribution < 1.29 is 4.79 Å². The molecule has 0 bridgehead atoms. The summed E-state index contributed by atoms with van der Waals surface area (Å²) in [6, 6.07) is 5.46. The summed E-state index contributed by atoms with van der Waals surface area (Å²) in [6.07, 6.45) is 7.62. The van der Waals surface area contributed by atoms with E-state index in [1.165, 1.54) is 0 Å². The van der Waals surface area contributed by atoms with Crippen LogP contribution in [0, 0.1) is 0 Å². The van der Waals surface area contributed by atoms with Crippen LogP contribution < -0.4 is 0 Å². The predicted molar refractivity (Wildman–Crippen MR) is 80.0 cm³/mol. The summed E-state index contributed by atoms with van der Waals surface area (Å²) in [5.74, 6) is 1.44. The van der Waals surface area contributed by atoms with Gasteiger partial charge in [-0.3, -0.25) is 9.78 Å². The number of piperidine rings is 1. The van der Waals surface area contributed by atoms with Gasteiger partial charge in [-0.2, -0.15) is 0 Å². The molecule has 2 aromatic heterocycles. The number of hydrogen-bond acceptors (Lipinski definition) is 3. The van der Waals surface area contributed by atoms with Crippen LogP contribution in [0.15, 0.2) is 36.8 Å². The van der Waals surface area contributed by atoms with E-state index in [1.807, 2.05) is 29.4 Å². The van der Waals surface area contributed by atoms with Gasteiger partial charge < -0.3 is 9.47 Å². The topological polar surface area (TPSA) is 51.0 Å². The largest absolute Gasteiger partial charge is 0.337 e. The van der Waals surface area contributed by atoms with Gasteiger partial charge in [0.15, 0.2) is 0 Å². The molecule has 21 heavy (non-hydrogen) atoms. The van der Waals surface area contributed by atoms with Crippen molar-refractivity contribution in [3.63, 3.8) is 0 Å². The lowest BCUT2D eigenvalue weighted by atomic mass is 9.96. The average Bonchev–Trinajstić information content (AvgIpc) is 3.04. The molecule has 0 saturated carbocycles. The number of pyridine rings is 1. The molecule has 110 valence electrons. The normalized spacial score (nSPS) is 18.7. The average molecular weight is 284 g/mol. The van der Waals surface area contributed by atoms with Crippen LogP contribution in [-0.4, -0.2) is 38.4 Å². The molecule has 1 unspecified atom stereocenters. The first-order valence-electron chi connectivity index (χ1n) is 7.51. The van der Waals surface area contributed by atoms with Gasteiger partial charge in [0.25, 0.3) is 5.91 Å². The van der Waals surface area contributed by atoms with Crippen molar-refractivity contribution in [1.29, 1.82) is 0 Å². The van der Waals surface area contributed by atoms with Crippen LogP contribution in [-0.2, 0) is 6.54 Å². The van der Waals surface area contributed by atoms with Crippen molar-refractivity contribution in [3.05, 3.63) is 48.3 Å². The minimum Gasteiger partial charge on any atom is -0.337 e. The Labute approximate surface area is 124 Å². The third-order valence-corrected chi connectivity index (χ3v) is 4.05. The number of nitrogens with zero attached hydrogens (tertiary/aromatic N) is 4. The fourth-order valence-corrected chi connectivity index (χ4v) is 2.97. The number of carbonyl (C=O) groups excluding carboxylic acids is 1. The number of rotatable bonds is 3. The van der Waals surface area contributed by atoms with Crippen LogP contribution >= 0.6 is 0 Å². The van der Waals surface area contributed by atoms with Crippen molar-refractivity contribution in [3.8, 4) is 0 Å². The second-order valence-electron chi connectivity index (χ2n) is 5.38. The number of hydrogen-bond donors (Lipinski definition) is 0. The van der Waals surface area contributed by atoms with E-state index in [0.29, 0.717) is 11.6 Å². The molecule has 0 spiro atoms. The zero-order valence-electron chi connectivity index (χ0n) is 12.3. The minimum atomic E-state index is 0.0231. The number of aryl methyl sites for hydroxylation is 1. The molecule has 1 saturated heterocycles. The Morgan fingerprint density at radius 2 is 2.24 bits per heavy atom. The SMILES string of the molecule is CCn1ccnc1C1CCCN(C(=O)c2ccccn2)C1. The lowest BCUT2D eigenvalue weighted by molar-refractivity contribution is 0.0697. The van der Waals surface area contributed by atoms with Crippen LogP contribution in [0.3, 0.4) is 0 Å².